The summed E-state index contributed by atoms with van der Waals surface area (Å²) in [5.41, 5.74) is 0.301. The Bertz CT molecular complexity index is 676. The molecule has 0 atom stereocenters. The van der Waals surface area contributed by atoms with E-state index in [9.17, 15) is 9.59 Å². The minimum absolute atomic E-state index is 0.205. The molecule has 0 saturated carbocycles. The highest BCUT2D eigenvalue weighted by atomic mass is 16.2. The van der Waals surface area contributed by atoms with Crippen LogP contribution in [0, 0.1) is 0 Å². The van der Waals surface area contributed by atoms with Crippen LogP contribution < -0.4 is 11.2 Å². The summed E-state index contributed by atoms with van der Waals surface area (Å²) in [6.45, 7) is 0.435. The lowest BCUT2D eigenvalue weighted by Gasteiger charge is -2.11. The number of rotatable bonds is 2. The van der Waals surface area contributed by atoms with Crippen molar-refractivity contribution in [2.75, 3.05) is 14.1 Å². The second-order valence-corrected chi connectivity index (χ2v) is 4.31. The molecule has 0 aliphatic carbocycles. The van der Waals surface area contributed by atoms with E-state index in [-0.39, 0.29) is 11.2 Å². The van der Waals surface area contributed by atoms with Gasteiger partial charge in [0, 0.05) is 14.1 Å². The summed E-state index contributed by atoms with van der Waals surface area (Å²) in [5.74, 6) is 0. The molecule has 0 spiro atoms. The fourth-order valence-corrected chi connectivity index (χ4v) is 1.83. The molecule has 7 heteroatoms. The first-order valence-electron chi connectivity index (χ1n) is 5.19. The molecule has 0 aliphatic rings. The first-order chi connectivity index (χ1) is 7.93. The quantitative estimate of drug-likeness (QED) is 0.668. The molecular formula is C10H15N5O2. The topological polar surface area (TPSA) is 65.1 Å². The molecule has 0 bridgehead atoms. The van der Waals surface area contributed by atoms with Crippen molar-refractivity contribution >= 4 is 11.2 Å². The Kier molecular flexibility index (Phi) is 2.62. The minimum atomic E-state index is -0.243. The molecule has 0 radical (unpaired) electrons. The third kappa shape index (κ3) is 1.68. The first kappa shape index (κ1) is 11.6. The summed E-state index contributed by atoms with van der Waals surface area (Å²) < 4.78 is 4.18. The second-order valence-electron chi connectivity index (χ2n) is 4.31. The summed E-state index contributed by atoms with van der Waals surface area (Å²) in [4.78, 5) is 29.9. The standard InChI is InChI=1S/C10H15N5O2/c1-12(2)6-15-5-11-8-7(9(15)16)13(3)10(17)14(8)4/h5H,6H2,1-4H3. The molecular weight excluding hydrogens is 222 g/mol. The first-order valence-corrected chi connectivity index (χ1v) is 5.19. The van der Waals surface area contributed by atoms with Crippen molar-refractivity contribution in [2.45, 2.75) is 6.67 Å². The Morgan fingerprint density at radius 3 is 2.47 bits per heavy atom. The molecule has 2 heterocycles. The molecule has 0 aromatic carbocycles. The molecule has 0 N–H and O–H groups in total. The summed E-state index contributed by atoms with van der Waals surface area (Å²) in [7, 11) is 6.91. The van der Waals surface area contributed by atoms with Crippen molar-refractivity contribution in [3.8, 4) is 0 Å². The lowest BCUT2D eigenvalue weighted by Crippen LogP contribution is -2.29. The van der Waals surface area contributed by atoms with Gasteiger partial charge in [-0.2, -0.15) is 0 Å². The van der Waals surface area contributed by atoms with Crippen LogP contribution in [-0.2, 0) is 20.8 Å². The maximum Gasteiger partial charge on any atom is 0.329 e. The molecule has 0 amide bonds. The number of aryl methyl sites for hydroxylation is 2. The van der Waals surface area contributed by atoms with E-state index in [0.717, 1.165) is 0 Å². The van der Waals surface area contributed by atoms with Gasteiger partial charge in [-0.1, -0.05) is 0 Å². The lowest BCUT2D eigenvalue weighted by atomic mass is 10.5. The molecule has 7 nitrogen and oxygen atoms in total. The van der Waals surface area contributed by atoms with Gasteiger partial charge in [0.1, 0.15) is 6.33 Å². The zero-order chi connectivity index (χ0) is 12.7. The van der Waals surface area contributed by atoms with Crippen molar-refractivity contribution < 1.29 is 0 Å². The van der Waals surface area contributed by atoms with Gasteiger partial charge >= 0.3 is 5.69 Å². The third-order valence-corrected chi connectivity index (χ3v) is 2.66. The minimum Gasteiger partial charge on any atom is -0.292 e. The molecule has 2 aromatic rings. The molecule has 2 rings (SSSR count). The Morgan fingerprint density at radius 1 is 1.24 bits per heavy atom. The smallest absolute Gasteiger partial charge is 0.292 e. The molecule has 0 saturated heterocycles. The Balaban J connectivity index is 2.81. The molecule has 92 valence electrons. The van der Waals surface area contributed by atoms with Gasteiger partial charge in [0.25, 0.3) is 5.56 Å². The van der Waals surface area contributed by atoms with Crippen LogP contribution in [0.3, 0.4) is 0 Å². The fraction of sp³-hybridized carbons (Fsp3) is 0.500. The lowest BCUT2D eigenvalue weighted by molar-refractivity contribution is 0.319. The summed E-state index contributed by atoms with van der Waals surface area (Å²) in [6, 6.07) is 0. The molecule has 0 aliphatic heterocycles. The number of aromatic nitrogens is 4. The highest BCUT2D eigenvalue weighted by Crippen LogP contribution is 2.01. The average molecular weight is 237 g/mol. The predicted octanol–water partition coefficient (Wildman–Crippen LogP) is -1.05. The average Bonchev–Trinajstić information content (AvgIpc) is 2.48. The van der Waals surface area contributed by atoms with E-state index in [2.05, 4.69) is 4.98 Å². The van der Waals surface area contributed by atoms with Gasteiger partial charge in [0.05, 0.1) is 6.67 Å². The van der Waals surface area contributed by atoms with Crippen molar-refractivity contribution in [1.82, 2.24) is 23.6 Å². The summed E-state index contributed by atoms with van der Waals surface area (Å²) in [6.07, 6.45) is 1.46. The van der Waals surface area contributed by atoms with Gasteiger partial charge in [-0.15, -0.1) is 0 Å². The number of fused-ring (bicyclic) bond motifs is 1. The number of nitrogens with zero attached hydrogens (tertiary/aromatic N) is 5. The second kappa shape index (κ2) is 3.85. The van der Waals surface area contributed by atoms with Crippen molar-refractivity contribution in [2.24, 2.45) is 14.1 Å². The highest BCUT2D eigenvalue weighted by molar-refractivity contribution is 5.69. The van der Waals surface area contributed by atoms with Crippen molar-refractivity contribution in [3.05, 3.63) is 27.2 Å². The van der Waals surface area contributed by atoms with E-state index in [1.165, 1.54) is 20.0 Å². The van der Waals surface area contributed by atoms with Gasteiger partial charge in [-0.25, -0.2) is 9.78 Å². The fourth-order valence-electron chi connectivity index (χ4n) is 1.83. The maximum atomic E-state index is 12.2. The van der Waals surface area contributed by atoms with Crippen molar-refractivity contribution in [3.63, 3.8) is 0 Å². The van der Waals surface area contributed by atoms with E-state index in [1.807, 2.05) is 19.0 Å². The zero-order valence-corrected chi connectivity index (χ0v) is 10.3. The van der Waals surface area contributed by atoms with Gasteiger partial charge in [0.15, 0.2) is 11.2 Å². The summed E-state index contributed by atoms with van der Waals surface area (Å²) >= 11 is 0. The molecule has 2 aromatic heterocycles. The van der Waals surface area contributed by atoms with E-state index in [1.54, 1.807) is 14.1 Å². The number of hydrogen-bond acceptors (Lipinski definition) is 4. The van der Waals surface area contributed by atoms with E-state index in [4.69, 9.17) is 0 Å². The van der Waals surface area contributed by atoms with E-state index in [0.29, 0.717) is 17.8 Å². The monoisotopic (exact) mass is 237 g/mol. The van der Waals surface area contributed by atoms with Crippen LogP contribution in [0.25, 0.3) is 11.2 Å². The van der Waals surface area contributed by atoms with Crippen LogP contribution in [-0.4, -0.2) is 37.7 Å². The Labute approximate surface area is 97.5 Å². The SMILES string of the molecule is CN(C)Cn1cnc2c(c1=O)n(C)c(=O)n2C. The third-order valence-electron chi connectivity index (χ3n) is 2.66. The van der Waals surface area contributed by atoms with E-state index < -0.39 is 0 Å². The summed E-state index contributed by atoms with van der Waals surface area (Å²) in [5, 5.41) is 0. The Hall–Kier alpha value is -1.89. The number of hydrogen-bond donors (Lipinski definition) is 0. The van der Waals surface area contributed by atoms with Crippen LogP contribution in [0.2, 0.25) is 0 Å². The van der Waals surface area contributed by atoms with Crippen molar-refractivity contribution in [1.29, 1.82) is 0 Å². The number of imidazole rings is 1. The largest absolute Gasteiger partial charge is 0.329 e. The molecule has 0 unspecified atom stereocenters. The zero-order valence-electron chi connectivity index (χ0n) is 10.3. The van der Waals surface area contributed by atoms with Gasteiger partial charge in [0.2, 0.25) is 0 Å². The van der Waals surface area contributed by atoms with Crippen LogP contribution >= 0.6 is 0 Å². The van der Waals surface area contributed by atoms with Gasteiger partial charge < -0.3 is 0 Å². The van der Waals surface area contributed by atoms with Crippen LogP contribution in [0.5, 0.6) is 0 Å². The Morgan fingerprint density at radius 2 is 1.88 bits per heavy atom. The van der Waals surface area contributed by atoms with Crippen LogP contribution in [0.1, 0.15) is 0 Å². The van der Waals surface area contributed by atoms with Gasteiger partial charge in [-0.05, 0) is 14.1 Å². The van der Waals surface area contributed by atoms with Gasteiger partial charge in [-0.3, -0.25) is 23.4 Å². The highest BCUT2D eigenvalue weighted by Gasteiger charge is 2.14. The molecule has 17 heavy (non-hydrogen) atoms. The molecule has 0 fully saturated rings. The van der Waals surface area contributed by atoms with E-state index >= 15 is 0 Å². The normalized spacial score (nSPS) is 11.6. The van der Waals surface area contributed by atoms with Crippen LogP contribution in [0.4, 0.5) is 0 Å². The predicted molar refractivity (Wildman–Crippen MR) is 63.9 cm³/mol. The maximum absolute atomic E-state index is 12.2. The van der Waals surface area contributed by atoms with Crippen LogP contribution in [0.15, 0.2) is 15.9 Å².